The van der Waals surface area contributed by atoms with Crippen LogP contribution >= 0.6 is 23.2 Å². The number of nitrogens with zero attached hydrogens (tertiary/aromatic N) is 1. The van der Waals surface area contributed by atoms with Crippen molar-refractivity contribution in [2.45, 2.75) is 6.42 Å². The Morgan fingerprint density at radius 3 is 2.42 bits per heavy atom. The topological polar surface area (TPSA) is 110 Å². The van der Waals surface area contributed by atoms with Gasteiger partial charge in [-0.3, -0.25) is 14.9 Å². The highest BCUT2D eigenvalue weighted by atomic mass is 35.5. The molecule has 2 rings (SSSR count). The molecule has 0 saturated carbocycles. The molecule has 2 N–H and O–H groups in total. The van der Waals surface area contributed by atoms with E-state index in [1.54, 1.807) is 6.07 Å². The molecule has 0 unspecified atom stereocenters. The number of benzene rings is 2. The summed E-state index contributed by atoms with van der Waals surface area (Å²) in [5, 5.41) is 22.9. The highest BCUT2D eigenvalue weighted by Crippen LogP contribution is 2.25. The molecule has 0 spiro atoms. The molecule has 9 heteroatoms. The van der Waals surface area contributed by atoms with Crippen LogP contribution in [0.5, 0.6) is 0 Å². The second-order valence-corrected chi connectivity index (χ2v) is 5.58. The number of carboxylic acid groups (broad SMARTS) is 1. The van der Waals surface area contributed by atoms with Crippen LogP contribution in [0.2, 0.25) is 10.0 Å². The van der Waals surface area contributed by atoms with Crippen LogP contribution in [0.3, 0.4) is 0 Å². The Labute approximate surface area is 146 Å². The van der Waals surface area contributed by atoms with Crippen molar-refractivity contribution in [2.75, 3.05) is 5.32 Å². The first-order chi connectivity index (χ1) is 11.3. The van der Waals surface area contributed by atoms with Crippen LogP contribution in [0, 0.1) is 10.1 Å². The van der Waals surface area contributed by atoms with Crippen LogP contribution in [0.25, 0.3) is 0 Å². The van der Waals surface area contributed by atoms with Gasteiger partial charge in [-0.2, -0.15) is 0 Å². The highest BCUT2D eigenvalue weighted by molar-refractivity contribution is 6.42. The molecular weight excluding hydrogens is 359 g/mol. The average molecular weight is 369 g/mol. The lowest BCUT2D eigenvalue weighted by Crippen LogP contribution is -2.17. The number of carbonyl (C=O) groups excluding carboxylic acids is 1. The summed E-state index contributed by atoms with van der Waals surface area (Å²) in [5.41, 5.74) is -0.168. The third kappa shape index (κ3) is 4.21. The average Bonchev–Trinajstić information content (AvgIpc) is 2.50. The quantitative estimate of drug-likeness (QED) is 0.616. The van der Waals surface area contributed by atoms with Crippen LogP contribution in [-0.2, 0) is 11.2 Å². The van der Waals surface area contributed by atoms with Gasteiger partial charge in [-0.05, 0) is 23.8 Å². The Bertz CT molecular complexity index is 839. The summed E-state index contributed by atoms with van der Waals surface area (Å²) in [7, 11) is 0. The summed E-state index contributed by atoms with van der Waals surface area (Å²) < 4.78 is 0. The number of anilines is 1. The normalized spacial score (nSPS) is 10.2. The minimum Gasteiger partial charge on any atom is -0.478 e. The molecule has 0 aliphatic rings. The molecule has 7 nitrogen and oxygen atoms in total. The predicted octanol–water partition coefficient (Wildman–Crippen LogP) is 3.78. The van der Waals surface area contributed by atoms with Crippen LogP contribution < -0.4 is 5.32 Å². The Hall–Kier alpha value is -2.64. The first kappa shape index (κ1) is 17.7. The zero-order chi connectivity index (χ0) is 17.9. The fourth-order valence-electron chi connectivity index (χ4n) is 1.97. The molecule has 0 aliphatic carbocycles. The van der Waals surface area contributed by atoms with E-state index in [0.717, 1.165) is 18.2 Å². The van der Waals surface area contributed by atoms with Gasteiger partial charge < -0.3 is 10.4 Å². The Morgan fingerprint density at radius 2 is 1.83 bits per heavy atom. The molecule has 0 aromatic heterocycles. The van der Waals surface area contributed by atoms with E-state index in [1.807, 2.05) is 0 Å². The van der Waals surface area contributed by atoms with Crippen molar-refractivity contribution in [1.29, 1.82) is 0 Å². The highest BCUT2D eigenvalue weighted by Gasteiger charge is 2.17. The molecule has 0 bridgehead atoms. The number of halogens is 2. The summed E-state index contributed by atoms with van der Waals surface area (Å²) in [6, 6.07) is 7.75. The molecule has 2 aromatic carbocycles. The Balaban J connectivity index is 2.23. The van der Waals surface area contributed by atoms with Crippen LogP contribution in [-0.4, -0.2) is 21.9 Å². The summed E-state index contributed by atoms with van der Waals surface area (Å²) in [6.07, 6.45) is -0.0986. The monoisotopic (exact) mass is 368 g/mol. The number of amides is 1. The van der Waals surface area contributed by atoms with E-state index in [1.165, 1.54) is 12.1 Å². The molecule has 0 fully saturated rings. The van der Waals surface area contributed by atoms with Gasteiger partial charge in [-0.1, -0.05) is 29.3 Å². The van der Waals surface area contributed by atoms with E-state index in [2.05, 4.69) is 5.32 Å². The lowest BCUT2D eigenvalue weighted by atomic mass is 10.1. The van der Waals surface area contributed by atoms with E-state index in [4.69, 9.17) is 28.3 Å². The molecule has 0 atom stereocenters. The fraction of sp³-hybridized carbons (Fsp3) is 0.0667. The molecule has 0 radical (unpaired) electrons. The number of rotatable bonds is 5. The van der Waals surface area contributed by atoms with Crippen LogP contribution in [0.15, 0.2) is 36.4 Å². The van der Waals surface area contributed by atoms with Gasteiger partial charge in [0, 0.05) is 12.1 Å². The number of aromatic carboxylic acids is 1. The molecule has 0 heterocycles. The van der Waals surface area contributed by atoms with Crippen molar-refractivity contribution < 1.29 is 19.6 Å². The summed E-state index contributed by atoms with van der Waals surface area (Å²) in [4.78, 5) is 33.4. The van der Waals surface area contributed by atoms with E-state index < -0.39 is 16.8 Å². The number of carbonyl (C=O) groups is 2. The summed E-state index contributed by atoms with van der Waals surface area (Å²) in [6.45, 7) is 0. The van der Waals surface area contributed by atoms with Crippen LogP contribution in [0.4, 0.5) is 11.4 Å². The summed E-state index contributed by atoms with van der Waals surface area (Å²) in [5.74, 6) is -1.86. The number of hydrogen-bond donors (Lipinski definition) is 2. The number of carboxylic acids is 1. The summed E-state index contributed by atoms with van der Waals surface area (Å²) >= 11 is 11.7. The van der Waals surface area contributed by atoms with Crippen molar-refractivity contribution in [3.05, 3.63) is 67.7 Å². The zero-order valence-electron chi connectivity index (χ0n) is 12.0. The fourth-order valence-corrected chi connectivity index (χ4v) is 2.29. The van der Waals surface area contributed by atoms with Crippen molar-refractivity contribution in [3.8, 4) is 0 Å². The third-order valence-electron chi connectivity index (χ3n) is 3.07. The van der Waals surface area contributed by atoms with Gasteiger partial charge in [0.05, 0.1) is 32.6 Å². The minimum atomic E-state index is -1.31. The van der Waals surface area contributed by atoms with Gasteiger partial charge >= 0.3 is 5.97 Å². The molecule has 1 amide bonds. The third-order valence-corrected chi connectivity index (χ3v) is 3.81. The van der Waals surface area contributed by atoms with Crippen molar-refractivity contribution in [2.24, 2.45) is 0 Å². The Kier molecular flexibility index (Phi) is 5.38. The van der Waals surface area contributed by atoms with Gasteiger partial charge in [0.15, 0.2) is 0 Å². The van der Waals surface area contributed by atoms with Gasteiger partial charge in [0.1, 0.15) is 0 Å². The van der Waals surface area contributed by atoms with Gasteiger partial charge in [-0.25, -0.2) is 4.79 Å². The van der Waals surface area contributed by atoms with Crippen LogP contribution in [0.1, 0.15) is 15.9 Å². The maximum absolute atomic E-state index is 12.1. The van der Waals surface area contributed by atoms with E-state index >= 15 is 0 Å². The van der Waals surface area contributed by atoms with Crippen molar-refractivity contribution in [1.82, 2.24) is 0 Å². The maximum atomic E-state index is 12.1. The lowest BCUT2D eigenvalue weighted by molar-refractivity contribution is -0.384. The predicted molar refractivity (Wildman–Crippen MR) is 88.9 cm³/mol. The number of non-ortho nitro benzene ring substituents is 1. The SMILES string of the molecule is O=C(Cc1ccc(Cl)c(Cl)c1)Nc1cc([N+](=O)[O-])ccc1C(=O)O. The van der Waals surface area contributed by atoms with Gasteiger partial charge in [0.2, 0.25) is 5.91 Å². The number of nitro benzene ring substituents is 1. The molecular formula is C15H10Cl2N2O5. The second kappa shape index (κ2) is 7.29. The van der Waals surface area contributed by atoms with Gasteiger partial charge in [0.25, 0.3) is 5.69 Å². The molecule has 124 valence electrons. The lowest BCUT2D eigenvalue weighted by Gasteiger charge is -2.09. The minimum absolute atomic E-state index is 0.0986. The molecule has 24 heavy (non-hydrogen) atoms. The van der Waals surface area contributed by atoms with E-state index in [-0.39, 0.29) is 28.4 Å². The zero-order valence-corrected chi connectivity index (χ0v) is 13.5. The van der Waals surface area contributed by atoms with E-state index in [0.29, 0.717) is 10.6 Å². The Morgan fingerprint density at radius 1 is 1.12 bits per heavy atom. The van der Waals surface area contributed by atoms with Crippen molar-refractivity contribution >= 4 is 46.5 Å². The van der Waals surface area contributed by atoms with E-state index in [9.17, 15) is 19.7 Å². The smallest absolute Gasteiger partial charge is 0.337 e. The standard InChI is InChI=1S/C15H10Cl2N2O5/c16-11-4-1-8(5-12(11)17)6-14(20)18-13-7-9(19(23)24)2-3-10(13)15(21)22/h1-5,7H,6H2,(H,18,20)(H,21,22). The first-order valence-electron chi connectivity index (χ1n) is 6.53. The first-order valence-corrected chi connectivity index (χ1v) is 7.29. The molecule has 0 aliphatic heterocycles. The number of nitro groups is 1. The second-order valence-electron chi connectivity index (χ2n) is 4.77. The number of nitrogens with one attached hydrogen (secondary N) is 1. The molecule has 2 aromatic rings. The largest absolute Gasteiger partial charge is 0.478 e. The molecule has 0 saturated heterocycles. The maximum Gasteiger partial charge on any atom is 0.337 e. The van der Waals surface area contributed by atoms with Gasteiger partial charge in [-0.15, -0.1) is 0 Å². The number of hydrogen-bond acceptors (Lipinski definition) is 4. The van der Waals surface area contributed by atoms with Crippen molar-refractivity contribution in [3.63, 3.8) is 0 Å².